The zero-order chi connectivity index (χ0) is 14.2. The van der Waals surface area contributed by atoms with Crippen LogP contribution >= 0.6 is 15.9 Å². The number of carbonyl (C=O) groups excluding carboxylic acids is 1. The normalized spacial score (nSPS) is 17.2. The Hall–Kier alpha value is -0.830. The van der Waals surface area contributed by atoms with Crippen molar-refractivity contribution in [1.82, 2.24) is 5.32 Å². The van der Waals surface area contributed by atoms with Crippen molar-refractivity contribution in [2.24, 2.45) is 5.92 Å². The maximum atomic E-state index is 12.2. The molecule has 1 aromatic rings. The molecule has 0 unspecified atom stereocenters. The fourth-order valence-corrected chi connectivity index (χ4v) is 3.17. The molecule has 0 aliphatic heterocycles. The fraction of sp³-hybridized carbons (Fsp3) is 0.588. The van der Waals surface area contributed by atoms with Gasteiger partial charge in [0.15, 0.2) is 0 Å². The quantitative estimate of drug-likeness (QED) is 0.801. The molecule has 0 aromatic heterocycles. The smallest absolute Gasteiger partial charge is 0.223 e. The van der Waals surface area contributed by atoms with Crippen molar-refractivity contribution in [1.29, 1.82) is 0 Å². The number of halogens is 1. The second kappa shape index (κ2) is 8.46. The molecular formula is C17H24BrNO. The van der Waals surface area contributed by atoms with Gasteiger partial charge in [0.05, 0.1) is 0 Å². The zero-order valence-corrected chi connectivity index (χ0v) is 13.6. The molecule has 1 amide bonds. The van der Waals surface area contributed by atoms with Crippen LogP contribution in [0.2, 0.25) is 0 Å². The summed E-state index contributed by atoms with van der Waals surface area (Å²) in [6, 6.07) is 8.39. The van der Waals surface area contributed by atoms with Gasteiger partial charge < -0.3 is 5.32 Å². The van der Waals surface area contributed by atoms with E-state index in [1.54, 1.807) is 0 Å². The molecule has 0 saturated heterocycles. The van der Waals surface area contributed by atoms with Crippen LogP contribution in [0.5, 0.6) is 0 Å². The minimum atomic E-state index is 0.233. The Morgan fingerprint density at radius 2 is 1.55 bits per heavy atom. The second-order valence-electron chi connectivity index (χ2n) is 5.71. The molecule has 0 bridgehead atoms. The summed E-state index contributed by atoms with van der Waals surface area (Å²) in [6.07, 6.45) is 8.46. The van der Waals surface area contributed by atoms with E-state index in [0.29, 0.717) is 6.54 Å². The number of alkyl halides is 1. The highest BCUT2D eigenvalue weighted by molar-refractivity contribution is 9.08. The van der Waals surface area contributed by atoms with Crippen molar-refractivity contribution in [3.63, 3.8) is 0 Å². The first-order valence-electron chi connectivity index (χ1n) is 7.71. The monoisotopic (exact) mass is 337 g/mol. The summed E-state index contributed by atoms with van der Waals surface area (Å²) in [6.45, 7) is 0.651. The van der Waals surface area contributed by atoms with E-state index in [9.17, 15) is 4.79 Å². The van der Waals surface area contributed by atoms with Crippen molar-refractivity contribution in [3.8, 4) is 0 Å². The first-order chi connectivity index (χ1) is 9.79. The first kappa shape index (κ1) is 15.6. The van der Waals surface area contributed by atoms with Gasteiger partial charge in [-0.05, 0) is 24.0 Å². The number of nitrogens with one attached hydrogen (secondary N) is 1. The Morgan fingerprint density at radius 3 is 2.15 bits per heavy atom. The van der Waals surface area contributed by atoms with Crippen molar-refractivity contribution in [2.45, 2.75) is 56.8 Å². The third-order valence-corrected chi connectivity index (χ3v) is 4.77. The number of benzene rings is 1. The summed E-state index contributed by atoms with van der Waals surface area (Å²) in [5, 5.41) is 3.98. The summed E-state index contributed by atoms with van der Waals surface area (Å²) in [5.74, 6) is 0.480. The van der Waals surface area contributed by atoms with Gasteiger partial charge in [0.1, 0.15) is 0 Å². The van der Waals surface area contributed by atoms with E-state index in [1.807, 2.05) is 0 Å². The molecule has 110 valence electrons. The SMILES string of the molecule is O=C(NCc1ccc(CBr)cc1)C1CCCCCCC1. The van der Waals surface area contributed by atoms with Gasteiger partial charge in [-0.2, -0.15) is 0 Å². The molecule has 0 atom stereocenters. The summed E-state index contributed by atoms with van der Waals surface area (Å²) >= 11 is 3.44. The van der Waals surface area contributed by atoms with E-state index < -0.39 is 0 Å². The van der Waals surface area contributed by atoms with Crippen molar-refractivity contribution < 1.29 is 4.79 Å². The third kappa shape index (κ3) is 4.93. The molecule has 1 aliphatic carbocycles. The molecule has 3 heteroatoms. The molecule has 0 radical (unpaired) electrons. The highest BCUT2D eigenvalue weighted by atomic mass is 79.9. The summed E-state index contributed by atoms with van der Waals surface area (Å²) in [7, 11) is 0. The van der Waals surface area contributed by atoms with Gasteiger partial charge in [0.2, 0.25) is 5.91 Å². The zero-order valence-electron chi connectivity index (χ0n) is 12.0. The Balaban J connectivity index is 1.80. The number of hydrogen-bond acceptors (Lipinski definition) is 1. The lowest BCUT2D eigenvalue weighted by Crippen LogP contribution is -2.30. The molecule has 20 heavy (non-hydrogen) atoms. The molecule has 0 heterocycles. The van der Waals surface area contributed by atoms with Gasteiger partial charge in [0.25, 0.3) is 0 Å². The predicted molar refractivity (Wildman–Crippen MR) is 86.7 cm³/mol. The van der Waals surface area contributed by atoms with Crippen LogP contribution in [0.25, 0.3) is 0 Å². The summed E-state index contributed by atoms with van der Waals surface area (Å²) < 4.78 is 0. The fourth-order valence-electron chi connectivity index (χ4n) is 2.80. The Bertz CT molecular complexity index is 408. The van der Waals surface area contributed by atoms with Crippen LogP contribution in [0.4, 0.5) is 0 Å². The molecule has 1 saturated carbocycles. The van der Waals surface area contributed by atoms with Crippen molar-refractivity contribution >= 4 is 21.8 Å². The highest BCUT2D eigenvalue weighted by Crippen LogP contribution is 2.22. The topological polar surface area (TPSA) is 29.1 Å². The van der Waals surface area contributed by atoms with Crippen molar-refractivity contribution in [2.75, 3.05) is 0 Å². The second-order valence-corrected chi connectivity index (χ2v) is 6.27. The van der Waals surface area contributed by atoms with Crippen molar-refractivity contribution in [3.05, 3.63) is 35.4 Å². The molecule has 0 spiro atoms. The number of carbonyl (C=O) groups is 1. The molecule has 1 aromatic carbocycles. The van der Waals surface area contributed by atoms with E-state index in [0.717, 1.165) is 18.2 Å². The number of rotatable bonds is 4. The van der Waals surface area contributed by atoms with Crippen LogP contribution in [-0.2, 0) is 16.7 Å². The lowest BCUT2D eigenvalue weighted by atomic mass is 9.90. The predicted octanol–water partition coefficient (Wildman–Crippen LogP) is 4.56. The molecule has 2 rings (SSSR count). The third-order valence-electron chi connectivity index (χ3n) is 4.12. The van der Waals surface area contributed by atoms with Crippen LogP contribution in [-0.4, -0.2) is 5.91 Å². The molecule has 1 N–H and O–H groups in total. The lowest BCUT2D eigenvalue weighted by Gasteiger charge is -2.19. The van der Waals surface area contributed by atoms with E-state index in [1.165, 1.54) is 43.2 Å². The van der Waals surface area contributed by atoms with Gasteiger partial charge in [-0.15, -0.1) is 0 Å². The maximum Gasteiger partial charge on any atom is 0.223 e. The molecule has 2 nitrogen and oxygen atoms in total. The van der Waals surface area contributed by atoms with Gasteiger partial charge in [-0.3, -0.25) is 4.79 Å². The van der Waals surface area contributed by atoms with Crippen LogP contribution in [0.3, 0.4) is 0 Å². The van der Waals surface area contributed by atoms with E-state index >= 15 is 0 Å². The molecule has 1 fully saturated rings. The Labute approximate surface area is 130 Å². The van der Waals surface area contributed by atoms with Crippen LogP contribution < -0.4 is 5.32 Å². The number of amides is 1. The average Bonchev–Trinajstić information content (AvgIpc) is 2.45. The van der Waals surface area contributed by atoms with E-state index in [-0.39, 0.29) is 11.8 Å². The number of hydrogen-bond donors (Lipinski definition) is 1. The van der Waals surface area contributed by atoms with Gasteiger partial charge in [-0.1, -0.05) is 72.3 Å². The highest BCUT2D eigenvalue weighted by Gasteiger charge is 2.18. The minimum Gasteiger partial charge on any atom is -0.352 e. The van der Waals surface area contributed by atoms with Gasteiger partial charge in [0, 0.05) is 17.8 Å². The summed E-state index contributed by atoms with van der Waals surface area (Å²) in [4.78, 5) is 12.2. The van der Waals surface area contributed by atoms with Crippen LogP contribution in [0.1, 0.15) is 56.1 Å². The first-order valence-corrected chi connectivity index (χ1v) is 8.83. The van der Waals surface area contributed by atoms with E-state index in [4.69, 9.17) is 0 Å². The van der Waals surface area contributed by atoms with E-state index in [2.05, 4.69) is 45.5 Å². The largest absolute Gasteiger partial charge is 0.352 e. The Morgan fingerprint density at radius 1 is 1.00 bits per heavy atom. The lowest BCUT2D eigenvalue weighted by molar-refractivity contribution is -0.125. The van der Waals surface area contributed by atoms with Gasteiger partial charge >= 0.3 is 0 Å². The van der Waals surface area contributed by atoms with Crippen LogP contribution in [0, 0.1) is 5.92 Å². The average molecular weight is 338 g/mol. The standard InChI is InChI=1S/C17H24BrNO/c18-12-14-8-10-15(11-9-14)13-19-17(20)16-6-4-2-1-3-5-7-16/h8-11,16H,1-7,12-13H2,(H,19,20). The maximum absolute atomic E-state index is 12.2. The minimum absolute atomic E-state index is 0.233. The van der Waals surface area contributed by atoms with Gasteiger partial charge in [-0.25, -0.2) is 0 Å². The molecular weight excluding hydrogens is 314 g/mol. The molecule has 1 aliphatic rings. The van der Waals surface area contributed by atoms with Crippen LogP contribution in [0.15, 0.2) is 24.3 Å². The summed E-state index contributed by atoms with van der Waals surface area (Å²) in [5.41, 5.74) is 2.44. The Kier molecular flexibility index (Phi) is 6.58.